The Bertz CT molecular complexity index is 811. The predicted molar refractivity (Wildman–Crippen MR) is 99.5 cm³/mol. The summed E-state index contributed by atoms with van der Waals surface area (Å²) in [6.45, 7) is 5.14. The van der Waals surface area contributed by atoms with E-state index in [9.17, 15) is 8.42 Å². The van der Waals surface area contributed by atoms with Crippen LogP contribution in [0.5, 0.6) is 0 Å². The van der Waals surface area contributed by atoms with E-state index < -0.39 is 10.0 Å². The average Bonchev–Trinajstić information content (AvgIpc) is 3.27. The van der Waals surface area contributed by atoms with Crippen LogP contribution in [0.3, 0.4) is 0 Å². The van der Waals surface area contributed by atoms with E-state index in [1.54, 1.807) is 4.68 Å². The first-order chi connectivity index (χ1) is 12.2. The van der Waals surface area contributed by atoms with Crippen molar-refractivity contribution >= 4 is 21.6 Å². The first-order valence-electron chi connectivity index (χ1n) is 9.27. The minimum Gasteiger partial charge on any atom is -0.370 e. The fourth-order valence-corrected chi connectivity index (χ4v) is 5.89. The van der Waals surface area contributed by atoms with E-state index in [1.165, 1.54) is 6.26 Å². The lowest BCUT2D eigenvalue weighted by atomic mass is 9.74. The number of likely N-dealkylation sites (tertiary alicyclic amines) is 1. The zero-order valence-electron chi connectivity index (χ0n) is 15.5. The van der Waals surface area contributed by atoms with Crippen LogP contribution in [-0.2, 0) is 34.8 Å². The van der Waals surface area contributed by atoms with E-state index in [1.807, 2.05) is 7.05 Å². The Labute approximate surface area is 160 Å². The molecule has 0 aromatic carbocycles. The Kier molecular flexibility index (Phi) is 4.63. The van der Waals surface area contributed by atoms with Crippen LogP contribution in [-0.4, -0.2) is 60.7 Å². The SMILES string of the molecule is CCc1nn(C)c(Cl)c1CN1C[C@@H]2[C@H](CNS(C)(=O)=O)[C@H]3CC[C@]2(C1)O3. The lowest BCUT2D eigenvalue weighted by molar-refractivity contribution is 0.00218. The highest BCUT2D eigenvalue weighted by Crippen LogP contribution is 2.54. The maximum absolute atomic E-state index is 11.5. The van der Waals surface area contributed by atoms with Crippen molar-refractivity contribution in [3.63, 3.8) is 0 Å². The summed E-state index contributed by atoms with van der Waals surface area (Å²) in [5.74, 6) is 0.620. The summed E-state index contributed by atoms with van der Waals surface area (Å²) < 4.78 is 33.9. The van der Waals surface area contributed by atoms with Crippen LogP contribution in [0, 0.1) is 11.8 Å². The Morgan fingerprint density at radius 1 is 1.46 bits per heavy atom. The topological polar surface area (TPSA) is 76.5 Å². The van der Waals surface area contributed by atoms with Gasteiger partial charge in [0.05, 0.1) is 23.7 Å². The minimum absolute atomic E-state index is 0.115. The smallest absolute Gasteiger partial charge is 0.208 e. The molecular weight excluding hydrogens is 376 g/mol. The van der Waals surface area contributed by atoms with Crippen molar-refractivity contribution in [1.29, 1.82) is 0 Å². The van der Waals surface area contributed by atoms with Gasteiger partial charge in [0.25, 0.3) is 0 Å². The van der Waals surface area contributed by atoms with Crippen molar-refractivity contribution < 1.29 is 13.2 Å². The molecule has 2 bridgehead atoms. The van der Waals surface area contributed by atoms with Crippen LogP contribution in [0.15, 0.2) is 0 Å². The first kappa shape index (κ1) is 18.7. The molecule has 0 unspecified atom stereocenters. The van der Waals surface area contributed by atoms with Crippen LogP contribution < -0.4 is 4.72 Å². The Balaban J connectivity index is 1.50. The molecule has 1 spiro atoms. The van der Waals surface area contributed by atoms with Gasteiger partial charge >= 0.3 is 0 Å². The van der Waals surface area contributed by atoms with E-state index in [0.29, 0.717) is 17.6 Å². The molecule has 0 amide bonds. The highest BCUT2D eigenvalue weighted by atomic mass is 35.5. The van der Waals surface area contributed by atoms with Crippen molar-refractivity contribution in [3.05, 3.63) is 16.4 Å². The first-order valence-corrected chi connectivity index (χ1v) is 11.5. The Hall–Kier alpha value is -0.670. The molecule has 7 nitrogen and oxygen atoms in total. The van der Waals surface area contributed by atoms with Gasteiger partial charge in [-0.15, -0.1) is 0 Å². The summed E-state index contributed by atoms with van der Waals surface area (Å²) in [5.41, 5.74) is 2.04. The van der Waals surface area contributed by atoms with Crippen LogP contribution in [0.2, 0.25) is 5.15 Å². The van der Waals surface area contributed by atoms with Crippen molar-refractivity contribution in [2.45, 2.75) is 44.4 Å². The fraction of sp³-hybridized carbons (Fsp3) is 0.824. The molecule has 4 rings (SSSR count). The summed E-state index contributed by atoms with van der Waals surface area (Å²) in [6.07, 6.45) is 4.35. The predicted octanol–water partition coefficient (Wildman–Crippen LogP) is 1.16. The molecule has 3 saturated heterocycles. The quantitative estimate of drug-likeness (QED) is 0.772. The Morgan fingerprint density at radius 3 is 2.92 bits per heavy atom. The second-order valence-corrected chi connectivity index (χ2v) is 10.2. The molecule has 4 heterocycles. The maximum Gasteiger partial charge on any atom is 0.208 e. The molecule has 4 atom stereocenters. The molecule has 1 aromatic rings. The molecule has 0 saturated carbocycles. The van der Waals surface area contributed by atoms with Crippen LogP contribution in [0.4, 0.5) is 0 Å². The number of fused-ring (bicyclic) bond motifs is 1. The summed E-state index contributed by atoms with van der Waals surface area (Å²) in [4.78, 5) is 2.40. The van der Waals surface area contributed by atoms with Gasteiger partial charge in [-0.1, -0.05) is 18.5 Å². The largest absolute Gasteiger partial charge is 0.370 e. The molecule has 0 radical (unpaired) electrons. The molecule has 3 fully saturated rings. The van der Waals surface area contributed by atoms with Gasteiger partial charge in [0.15, 0.2) is 0 Å². The summed E-state index contributed by atoms with van der Waals surface area (Å²) in [7, 11) is -1.31. The number of rotatable bonds is 6. The van der Waals surface area contributed by atoms with E-state index >= 15 is 0 Å². The standard InChI is InChI=1S/C17H27ClN4O3S/c1-4-14-12(16(18)21(2)20-14)8-22-9-13-11(7-19-26(3,23)24)15-5-6-17(13,10-22)25-15/h11,13,15,19H,4-10H2,1-3H3/t11-,13+,15+,17+/m0/s1. The lowest BCUT2D eigenvalue weighted by Gasteiger charge is -2.29. The Morgan fingerprint density at radius 2 is 2.23 bits per heavy atom. The van der Waals surface area contributed by atoms with Gasteiger partial charge in [0, 0.05) is 50.6 Å². The molecule has 1 aromatic heterocycles. The van der Waals surface area contributed by atoms with Gasteiger partial charge in [-0.2, -0.15) is 5.10 Å². The number of sulfonamides is 1. The molecule has 9 heteroatoms. The molecule has 0 aliphatic carbocycles. The van der Waals surface area contributed by atoms with Crippen LogP contribution in [0.25, 0.3) is 0 Å². The van der Waals surface area contributed by atoms with Gasteiger partial charge in [0.1, 0.15) is 5.15 Å². The van der Waals surface area contributed by atoms with E-state index in [4.69, 9.17) is 16.3 Å². The minimum atomic E-state index is -3.18. The van der Waals surface area contributed by atoms with Gasteiger partial charge in [-0.3, -0.25) is 9.58 Å². The van der Waals surface area contributed by atoms with E-state index in [-0.39, 0.29) is 17.6 Å². The average molecular weight is 403 g/mol. The highest BCUT2D eigenvalue weighted by Gasteiger charge is 2.62. The van der Waals surface area contributed by atoms with Gasteiger partial charge in [0.2, 0.25) is 10.0 Å². The number of aromatic nitrogens is 2. The monoisotopic (exact) mass is 402 g/mol. The third kappa shape index (κ3) is 3.09. The summed E-state index contributed by atoms with van der Waals surface area (Å²) in [6, 6.07) is 0. The summed E-state index contributed by atoms with van der Waals surface area (Å²) in [5, 5.41) is 5.22. The number of ether oxygens (including phenoxy) is 1. The molecule has 3 aliphatic rings. The number of aryl methyl sites for hydroxylation is 2. The number of nitrogens with zero attached hydrogens (tertiary/aromatic N) is 3. The number of hydrogen-bond acceptors (Lipinski definition) is 5. The second-order valence-electron chi connectivity index (χ2n) is 8.01. The zero-order chi connectivity index (χ0) is 18.7. The third-order valence-electron chi connectivity index (χ3n) is 6.30. The highest BCUT2D eigenvalue weighted by molar-refractivity contribution is 7.88. The molecule has 3 aliphatic heterocycles. The number of halogens is 1. The van der Waals surface area contributed by atoms with Crippen molar-refractivity contribution in [1.82, 2.24) is 19.4 Å². The molecule has 1 N–H and O–H groups in total. The fourth-order valence-electron chi connectivity index (χ4n) is 5.19. The molecule has 146 valence electrons. The van der Waals surface area contributed by atoms with Crippen molar-refractivity contribution in [3.8, 4) is 0 Å². The van der Waals surface area contributed by atoms with Crippen molar-refractivity contribution in [2.24, 2.45) is 18.9 Å². The maximum atomic E-state index is 11.5. The van der Waals surface area contributed by atoms with Crippen LogP contribution in [0.1, 0.15) is 31.0 Å². The van der Waals surface area contributed by atoms with Crippen LogP contribution >= 0.6 is 11.6 Å². The normalized spacial score (nSPS) is 33.9. The van der Waals surface area contributed by atoms with Crippen molar-refractivity contribution in [2.75, 3.05) is 25.9 Å². The van der Waals surface area contributed by atoms with E-state index in [2.05, 4.69) is 21.6 Å². The number of nitrogens with one attached hydrogen (secondary N) is 1. The summed E-state index contributed by atoms with van der Waals surface area (Å²) >= 11 is 6.46. The van der Waals surface area contributed by atoms with Gasteiger partial charge in [-0.25, -0.2) is 13.1 Å². The zero-order valence-corrected chi connectivity index (χ0v) is 17.1. The van der Waals surface area contributed by atoms with Gasteiger partial charge < -0.3 is 4.74 Å². The third-order valence-corrected chi connectivity index (χ3v) is 7.47. The lowest BCUT2D eigenvalue weighted by Crippen LogP contribution is -2.41. The molecule has 26 heavy (non-hydrogen) atoms. The van der Waals surface area contributed by atoms with Gasteiger partial charge in [-0.05, 0) is 19.3 Å². The number of hydrogen-bond donors (Lipinski definition) is 1. The van der Waals surface area contributed by atoms with E-state index in [0.717, 1.165) is 50.2 Å². The second kappa shape index (κ2) is 6.44. The molecular formula is C17H27ClN4O3S.